The molecule has 14 heavy (non-hydrogen) atoms. The van der Waals surface area contributed by atoms with E-state index in [1.54, 1.807) is 11.7 Å². The van der Waals surface area contributed by atoms with Crippen molar-refractivity contribution in [3.05, 3.63) is 41.2 Å². The molecular formula is C11H15ClN2. The zero-order chi connectivity index (χ0) is 10.2. The maximum Gasteiger partial charge on any atom is 0.0300 e. The van der Waals surface area contributed by atoms with Gasteiger partial charge in [0.15, 0.2) is 0 Å². The highest BCUT2D eigenvalue weighted by atomic mass is 35.5. The van der Waals surface area contributed by atoms with Gasteiger partial charge in [-0.15, -0.1) is 0 Å². The Morgan fingerprint density at radius 3 is 3.14 bits per heavy atom. The number of nitrogens with one attached hydrogen (secondary N) is 1. The average Bonchev–Trinajstić information content (AvgIpc) is 2.25. The first-order chi connectivity index (χ1) is 6.83. The zero-order valence-electron chi connectivity index (χ0n) is 8.33. The van der Waals surface area contributed by atoms with E-state index >= 15 is 0 Å². The quantitative estimate of drug-likeness (QED) is 0.755. The molecule has 0 aliphatic carbocycles. The highest BCUT2D eigenvalue weighted by molar-refractivity contribution is 6.25. The average molecular weight is 211 g/mol. The molecule has 0 amide bonds. The van der Waals surface area contributed by atoms with Crippen molar-refractivity contribution >= 4 is 11.6 Å². The Hall–Kier alpha value is -0.860. The first kappa shape index (κ1) is 11.2. The van der Waals surface area contributed by atoms with Gasteiger partial charge in [0.05, 0.1) is 0 Å². The Kier molecular flexibility index (Phi) is 5.27. The fourth-order valence-electron chi connectivity index (χ4n) is 1.10. The van der Waals surface area contributed by atoms with E-state index in [0.717, 1.165) is 25.1 Å². The van der Waals surface area contributed by atoms with Crippen LogP contribution in [0.3, 0.4) is 0 Å². The lowest BCUT2D eigenvalue weighted by Gasteiger charge is -2.03. The summed E-state index contributed by atoms with van der Waals surface area (Å²) in [5.74, 6) is 0. The van der Waals surface area contributed by atoms with Gasteiger partial charge >= 0.3 is 0 Å². The molecule has 1 N–H and O–H groups in total. The van der Waals surface area contributed by atoms with Crippen LogP contribution in [0.4, 0.5) is 0 Å². The summed E-state index contributed by atoms with van der Waals surface area (Å²) in [7, 11) is 0. The molecule has 1 aromatic heterocycles. The Bertz CT molecular complexity index is 283. The second kappa shape index (κ2) is 6.57. The molecule has 2 nitrogen and oxygen atoms in total. The summed E-state index contributed by atoms with van der Waals surface area (Å²) >= 11 is 5.54. The van der Waals surface area contributed by atoms with Crippen molar-refractivity contribution < 1.29 is 0 Å². The number of nitrogens with zero attached hydrogens (tertiary/aromatic N) is 1. The number of halogens is 1. The Balaban J connectivity index is 2.17. The van der Waals surface area contributed by atoms with Crippen LogP contribution in [0.15, 0.2) is 35.6 Å². The highest BCUT2D eigenvalue weighted by Crippen LogP contribution is 1.96. The molecule has 0 spiro atoms. The van der Waals surface area contributed by atoms with Crippen LogP contribution < -0.4 is 5.32 Å². The molecule has 0 radical (unpaired) electrons. The van der Waals surface area contributed by atoms with Crippen LogP contribution >= 0.6 is 11.6 Å². The van der Waals surface area contributed by atoms with Crippen LogP contribution in [0.1, 0.15) is 12.5 Å². The third-order valence-corrected chi connectivity index (χ3v) is 2.28. The van der Waals surface area contributed by atoms with Crippen LogP contribution in [0.5, 0.6) is 0 Å². The van der Waals surface area contributed by atoms with Crippen molar-refractivity contribution in [3.63, 3.8) is 0 Å². The standard InChI is InChI=1S/C11H15ClN2/c1-10(7-12)8-14-6-4-11-3-2-5-13-9-11/h2-3,5,7,9,14H,4,6,8H2,1H3/b10-7-. The molecule has 1 aromatic rings. The first-order valence-corrected chi connectivity index (χ1v) is 5.12. The summed E-state index contributed by atoms with van der Waals surface area (Å²) in [4.78, 5) is 4.05. The second-order valence-corrected chi connectivity index (χ2v) is 3.46. The van der Waals surface area contributed by atoms with E-state index < -0.39 is 0 Å². The molecule has 0 atom stereocenters. The van der Waals surface area contributed by atoms with Crippen molar-refractivity contribution in [2.75, 3.05) is 13.1 Å². The summed E-state index contributed by atoms with van der Waals surface area (Å²) in [5, 5.41) is 3.30. The largest absolute Gasteiger partial charge is 0.313 e. The lowest BCUT2D eigenvalue weighted by molar-refractivity contribution is 0.727. The number of hydrogen-bond acceptors (Lipinski definition) is 2. The maximum absolute atomic E-state index is 5.54. The maximum atomic E-state index is 5.54. The summed E-state index contributed by atoms with van der Waals surface area (Å²) in [5.41, 5.74) is 4.02. The van der Waals surface area contributed by atoms with Crippen LogP contribution in [-0.2, 0) is 6.42 Å². The van der Waals surface area contributed by atoms with Gasteiger partial charge in [-0.3, -0.25) is 4.98 Å². The number of pyridine rings is 1. The summed E-state index contributed by atoms with van der Waals surface area (Å²) in [6.07, 6.45) is 4.69. The van der Waals surface area contributed by atoms with Crippen LogP contribution in [-0.4, -0.2) is 18.1 Å². The zero-order valence-corrected chi connectivity index (χ0v) is 9.09. The second-order valence-electron chi connectivity index (χ2n) is 3.24. The number of aromatic nitrogens is 1. The molecule has 1 rings (SSSR count). The van der Waals surface area contributed by atoms with Gasteiger partial charge in [0.25, 0.3) is 0 Å². The SMILES string of the molecule is C/C(=C/Cl)CNCCc1cccnc1. The molecule has 0 fully saturated rings. The molecule has 0 unspecified atom stereocenters. The molecule has 0 aliphatic rings. The van der Waals surface area contributed by atoms with Gasteiger partial charge < -0.3 is 5.32 Å². The lowest BCUT2D eigenvalue weighted by Crippen LogP contribution is -2.19. The third-order valence-electron chi connectivity index (χ3n) is 1.90. The fourth-order valence-corrected chi connectivity index (χ4v) is 1.18. The van der Waals surface area contributed by atoms with Gasteiger partial charge in [-0.05, 0) is 37.1 Å². The van der Waals surface area contributed by atoms with Gasteiger partial charge in [-0.2, -0.15) is 0 Å². The van der Waals surface area contributed by atoms with Crippen molar-refractivity contribution in [1.29, 1.82) is 0 Å². The Morgan fingerprint density at radius 2 is 2.50 bits per heavy atom. The Labute approximate surface area is 90.0 Å². The predicted octanol–water partition coefficient (Wildman–Crippen LogP) is 2.36. The minimum atomic E-state index is 0.851. The molecule has 0 saturated carbocycles. The van der Waals surface area contributed by atoms with Crippen molar-refractivity contribution in [2.45, 2.75) is 13.3 Å². The molecule has 0 aromatic carbocycles. The van der Waals surface area contributed by atoms with E-state index in [-0.39, 0.29) is 0 Å². The van der Waals surface area contributed by atoms with E-state index in [1.165, 1.54) is 5.56 Å². The van der Waals surface area contributed by atoms with E-state index in [0.29, 0.717) is 0 Å². The molecule has 1 heterocycles. The van der Waals surface area contributed by atoms with E-state index in [4.69, 9.17) is 11.6 Å². The first-order valence-electron chi connectivity index (χ1n) is 4.68. The molecule has 0 bridgehead atoms. The molecule has 0 aliphatic heterocycles. The van der Waals surface area contributed by atoms with Gasteiger partial charge in [-0.25, -0.2) is 0 Å². The lowest BCUT2D eigenvalue weighted by atomic mass is 10.2. The van der Waals surface area contributed by atoms with Crippen LogP contribution in [0, 0.1) is 0 Å². The van der Waals surface area contributed by atoms with E-state index in [9.17, 15) is 0 Å². The van der Waals surface area contributed by atoms with E-state index in [2.05, 4.69) is 16.4 Å². The molecule has 0 saturated heterocycles. The summed E-state index contributed by atoms with van der Waals surface area (Å²) < 4.78 is 0. The monoisotopic (exact) mass is 210 g/mol. The number of rotatable bonds is 5. The van der Waals surface area contributed by atoms with Crippen LogP contribution in [0.25, 0.3) is 0 Å². The minimum Gasteiger partial charge on any atom is -0.313 e. The van der Waals surface area contributed by atoms with E-state index in [1.807, 2.05) is 19.2 Å². The van der Waals surface area contributed by atoms with Gasteiger partial charge in [-0.1, -0.05) is 17.7 Å². The van der Waals surface area contributed by atoms with Gasteiger partial charge in [0, 0.05) is 24.5 Å². The van der Waals surface area contributed by atoms with Crippen molar-refractivity contribution in [1.82, 2.24) is 10.3 Å². The van der Waals surface area contributed by atoms with Gasteiger partial charge in [0.2, 0.25) is 0 Å². The van der Waals surface area contributed by atoms with Crippen LogP contribution in [0.2, 0.25) is 0 Å². The summed E-state index contributed by atoms with van der Waals surface area (Å²) in [6.45, 7) is 3.81. The normalized spacial score (nSPS) is 11.7. The minimum absolute atomic E-state index is 0.851. The van der Waals surface area contributed by atoms with Crippen molar-refractivity contribution in [2.24, 2.45) is 0 Å². The van der Waals surface area contributed by atoms with Crippen molar-refractivity contribution in [3.8, 4) is 0 Å². The van der Waals surface area contributed by atoms with Gasteiger partial charge in [0.1, 0.15) is 0 Å². The Morgan fingerprint density at radius 1 is 1.64 bits per heavy atom. The fraction of sp³-hybridized carbons (Fsp3) is 0.364. The third kappa shape index (κ3) is 4.40. The summed E-state index contributed by atoms with van der Waals surface area (Å²) in [6, 6.07) is 4.04. The topological polar surface area (TPSA) is 24.9 Å². The molecule has 3 heteroatoms. The number of hydrogen-bond donors (Lipinski definition) is 1. The smallest absolute Gasteiger partial charge is 0.0300 e. The highest BCUT2D eigenvalue weighted by Gasteiger charge is 1.92. The predicted molar refractivity (Wildman–Crippen MR) is 60.4 cm³/mol. The molecule has 76 valence electrons. The molecular weight excluding hydrogens is 196 g/mol.